The minimum atomic E-state index is -0.908. The number of nitriles is 1. The standard InChI is InChI=1S/C33H39FN6O2.C2H3N/c1-23-7-3-8-25-9-4-10-28(29(23)25)39-16-11-26-27(21-39)35-32(42-22-33-12-5-14-40(33)15-6-13-33)36-30(26)37-17-19-38(20-18-37)31(41)24(2)34;1-2-3/h3-4,7-10H,2,5-6,11-22H2,1H3;1H3. The SMILES string of the molecule is C=C(F)C(=O)N1CCN(c2nc(OCC34CCCN3CCC4)nc3c2CCN(c2cccc4cccc(C)c24)C3)CC1.CC#N. The van der Waals surface area contributed by atoms with Crippen LogP contribution in [-0.4, -0.2) is 83.6 Å². The Hall–Kier alpha value is -4.23. The Labute approximate surface area is 264 Å². The molecule has 3 aromatic rings. The molecule has 0 atom stereocenters. The number of aromatic nitrogens is 2. The van der Waals surface area contributed by atoms with Gasteiger partial charge in [-0.25, -0.2) is 4.39 Å². The van der Waals surface area contributed by atoms with Gasteiger partial charge in [-0.2, -0.15) is 15.2 Å². The summed E-state index contributed by atoms with van der Waals surface area (Å²) >= 11 is 0. The molecule has 2 aromatic carbocycles. The summed E-state index contributed by atoms with van der Waals surface area (Å²) in [5.41, 5.74) is 4.74. The van der Waals surface area contributed by atoms with E-state index < -0.39 is 11.7 Å². The molecular weight excluding hydrogens is 569 g/mol. The van der Waals surface area contributed by atoms with Gasteiger partial charge in [-0.3, -0.25) is 9.69 Å². The second kappa shape index (κ2) is 13.0. The number of rotatable bonds is 6. The summed E-state index contributed by atoms with van der Waals surface area (Å²) in [6.45, 7) is 13.2. The number of nitrogens with zero attached hydrogens (tertiary/aromatic N) is 7. The number of piperazine rings is 1. The lowest BCUT2D eigenvalue weighted by Crippen LogP contribution is -2.49. The summed E-state index contributed by atoms with van der Waals surface area (Å²) in [7, 11) is 0. The third-order valence-electron chi connectivity index (χ3n) is 9.83. The van der Waals surface area contributed by atoms with Gasteiger partial charge in [0.25, 0.3) is 5.91 Å². The summed E-state index contributed by atoms with van der Waals surface area (Å²) < 4.78 is 20.0. The molecule has 3 fully saturated rings. The zero-order valence-electron chi connectivity index (χ0n) is 26.4. The highest BCUT2D eigenvalue weighted by molar-refractivity contribution is 5.97. The Morgan fingerprint density at radius 1 is 1.02 bits per heavy atom. The predicted octanol–water partition coefficient (Wildman–Crippen LogP) is 5.17. The Morgan fingerprint density at radius 2 is 1.71 bits per heavy atom. The number of carbonyl (C=O) groups is 1. The van der Waals surface area contributed by atoms with Crippen molar-refractivity contribution in [2.75, 3.05) is 62.2 Å². The van der Waals surface area contributed by atoms with Crippen molar-refractivity contribution in [3.05, 3.63) is 65.6 Å². The lowest BCUT2D eigenvalue weighted by molar-refractivity contribution is -0.128. The molecule has 0 spiro atoms. The van der Waals surface area contributed by atoms with Crippen molar-refractivity contribution in [1.29, 1.82) is 5.26 Å². The van der Waals surface area contributed by atoms with Gasteiger partial charge in [0, 0.05) is 56.3 Å². The minimum Gasteiger partial charge on any atom is -0.461 e. The van der Waals surface area contributed by atoms with Crippen LogP contribution < -0.4 is 14.5 Å². The van der Waals surface area contributed by atoms with Crippen molar-refractivity contribution in [1.82, 2.24) is 19.8 Å². The Morgan fingerprint density at radius 3 is 2.40 bits per heavy atom. The number of fused-ring (bicyclic) bond motifs is 3. The van der Waals surface area contributed by atoms with Gasteiger partial charge in [-0.15, -0.1) is 0 Å². The number of ether oxygens (including phenoxy) is 1. The maximum Gasteiger partial charge on any atom is 0.318 e. The van der Waals surface area contributed by atoms with Crippen LogP contribution in [0.2, 0.25) is 0 Å². The van der Waals surface area contributed by atoms with Gasteiger partial charge < -0.3 is 19.4 Å². The van der Waals surface area contributed by atoms with Crippen molar-refractivity contribution in [3.63, 3.8) is 0 Å². The number of hydrogen-bond acceptors (Lipinski definition) is 8. The highest BCUT2D eigenvalue weighted by Crippen LogP contribution is 2.40. The molecule has 4 aliphatic heterocycles. The van der Waals surface area contributed by atoms with Gasteiger partial charge in [-0.1, -0.05) is 36.9 Å². The van der Waals surface area contributed by atoms with Gasteiger partial charge in [0.15, 0.2) is 5.83 Å². The van der Waals surface area contributed by atoms with Crippen LogP contribution in [0.1, 0.15) is 49.4 Å². The van der Waals surface area contributed by atoms with Gasteiger partial charge in [0.2, 0.25) is 0 Å². The Kier molecular flexibility index (Phi) is 8.90. The first kappa shape index (κ1) is 30.8. The van der Waals surface area contributed by atoms with E-state index in [1.54, 1.807) is 6.07 Å². The van der Waals surface area contributed by atoms with Gasteiger partial charge in [0.1, 0.15) is 12.4 Å². The second-order valence-corrected chi connectivity index (χ2v) is 12.5. The molecule has 236 valence electrons. The van der Waals surface area contributed by atoms with Crippen LogP contribution in [0.15, 0.2) is 48.8 Å². The van der Waals surface area contributed by atoms with Crippen LogP contribution in [-0.2, 0) is 17.8 Å². The van der Waals surface area contributed by atoms with E-state index in [4.69, 9.17) is 20.0 Å². The Bertz CT molecular complexity index is 1610. The molecule has 4 aliphatic rings. The van der Waals surface area contributed by atoms with E-state index in [1.165, 1.54) is 46.7 Å². The van der Waals surface area contributed by atoms with Crippen molar-refractivity contribution in [3.8, 4) is 12.1 Å². The van der Waals surface area contributed by atoms with Crippen molar-refractivity contribution < 1.29 is 13.9 Å². The third kappa shape index (κ3) is 6.06. The summed E-state index contributed by atoms with van der Waals surface area (Å²) in [6.07, 6.45) is 5.57. The van der Waals surface area contributed by atoms with Crippen LogP contribution in [0, 0.1) is 18.3 Å². The van der Waals surface area contributed by atoms with E-state index in [1.807, 2.05) is 0 Å². The highest BCUT2D eigenvalue weighted by Gasteiger charge is 2.45. The molecular formula is C35H42FN7O2. The number of hydrogen-bond donors (Lipinski definition) is 0. The second-order valence-electron chi connectivity index (χ2n) is 12.5. The molecule has 7 rings (SSSR count). The number of anilines is 2. The number of amides is 1. The minimum absolute atomic E-state index is 0.104. The fourth-order valence-electron chi connectivity index (χ4n) is 7.64. The molecule has 0 saturated carbocycles. The van der Waals surface area contributed by atoms with E-state index in [-0.39, 0.29) is 5.54 Å². The lowest BCUT2D eigenvalue weighted by atomic mass is 9.95. The van der Waals surface area contributed by atoms with E-state index >= 15 is 0 Å². The molecule has 0 unspecified atom stereocenters. The van der Waals surface area contributed by atoms with E-state index in [2.05, 4.69) is 64.6 Å². The molecule has 0 bridgehead atoms. The van der Waals surface area contributed by atoms with E-state index in [9.17, 15) is 9.18 Å². The zero-order chi connectivity index (χ0) is 31.6. The van der Waals surface area contributed by atoms with Crippen LogP contribution >= 0.6 is 0 Å². The number of aryl methyl sites for hydroxylation is 1. The first-order valence-corrected chi connectivity index (χ1v) is 16.0. The van der Waals surface area contributed by atoms with Gasteiger partial charge in [0.05, 0.1) is 23.8 Å². The molecule has 45 heavy (non-hydrogen) atoms. The maximum atomic E-state index is 13.5. The number of carbonyl (C=O) groups excluding carboxylic acids is 1. The molecule has 0 radical (unpaired) electrons. The highest BCUT2D eigenvalue weighted by atomic mass is 19.1. The molecule has 3 saturated heterocycles. The molecule has 0 N–H and O–H groups in total. The largest absolute Gasteiger partial charge is 0.461 e. The van der Waals surface area contributed by atoms with Crippen LogP contribution in [0.3, 0.4) is 0 Å². The summed E-state index contributed by atoms with van der Waals surface area (Å²) in [6, 6.07) is 15.2. The topological polar surface area (TPSA) is 88.8 Å². The summed E-state index contributed by atoms with van der Waals surface area (Å²) in [4.78, 5) is 31.0. The summed E-state index contributed by atoms with van der Waals surface area (Å²) in [5.74, 6) is -0.641. The molecule has 1 aromatic heterocycles. The molecule has 9 nitrogen and oxygen atoms in total. The average molecular weight is 612 g/mol. The first-order valence-electron chi connectivity index (χ1n) is 16.0. The molecule has 5 heterocycles. The van der Waals surface area contributed by atoms with Crippen LogP contribution in [0.25, 0.3) is 10.8 Å². The van der Waals surface area contributed by atoms with Gasteiger partial charge >= 0.3 is 6.01 Å². The molecule has 1 amide bonds. The van der Waals surface area contributed by atoms with Crippen molar-refractivity contribution >= 4 is 28.2 Å². The fourth-order valence-corrected chi connectivity index (χ4v) is 7.64. The lowest BCUT2D eigenvalue weighted by Gasteiger charge is -2.38. The number of benzene rings is 2. The zero-order valence-corrected chi connectivity index (χ0v) is 26.4. The normalized spacial score (nSPS) is 18.9. The van der Waals surface area contributed by atoms with Crippen molar-refractivity contribution in [2.24, 2.45) is 0 Å². The van der Waals surface area contributed by atoms with Crippen LogP contribution in [0.5, 0.6) is 6.01 Å². The van der Waals surface area contributed by atoms with Gasteiger partial charge in [-0.05, 0) is 69.1 Å². The predicted molar refractivity (Wildman–Crippen MR) is 174 cm³/mol. The number of halogens is 1. The monoisotopic (exact) mass is 611 g/mol. The Balaban J connectivity index is 0.00000115. The van der Waals surface area contributed by atoms with Crippen molar-refractivity contribution in [2.45, 2.75) is 58.0 Å². The molecule has 0 aliphatic carbocycles. The summed E-state index contributed by atoms with van der Waals surface area (Å²) in [5, 5.41) is 9.84. The maximum absolute atomic E-state index is 13.5. The van der Waals surface area contributed by atoms with E-state index in [0.717, 1.165) is 56.0 Å². The third-order valence-corrected chi connectivity index (χ3v) is 9.83. The fraction of sp³-hybridized carbons (Fsp3) is 0.486. The smallest absolute Gasteiger partial charge is 0.318 e. The van der Waals surface area contributed by atoms with Crippen LogP contribution in [0.4, 0.5) is 15.9 Å². The first-order chi connectivity index (χ1) is 21.8. The average Bonchev–Trinajstić information content (AvgIpc) is 3.64. The quantitative estimate of drug-likeness (QED) is 0.353. The molecule has 10 heteroatoms. The van der Waals surface area contributed by atoms with E-state index in [0.29, 0.717) is 45.3 Å².